The predicted octanol–water partition coefficient (Wildman–Crippen LogP) is 2.11. The van der Waals surface area contributed by atoms with E-state index in [9.17, 15) is 5.11 Å². The first-order chi connectivity index (χ1) is 7.06. The maximum Gasteiger partial charge on any atom is 0.143 e. The van der Waals surface area contributed by atoms with Crippen LogP contribution in [0.4, 0.5) is 5.82 Å². The first kappa shape index (κ1) is 10.9. The van der Waals surface area contributed by atoms with Crippen molar-refractivity contribution in [2.45, 2.75) is 25.9 Å². The fraction of sp³-hybridized carbons (Fsp3) is 0.545. The molecule has 0 unspecified atom stereocenters. The van der Waals surface area contributed by atoms with E-state index >= 15 is 0 Å². The van der Waals surface area contributed by atoms with Crippen LogP contribution in [0.25, 0.3) is 0 Å². The normalized spacial score (nSPS) is 18.8. The van der Waals surface area contributed by atoms with Crippen LogP contribution in [0.15, 0.2) is 16.7 Å². The van der Waals surface area contributed by atoms with E-state index in [0.29, 0.717) is 13.1 Å². The van der Waals surface area contributed by atoms with Crippen LogP contribution in [0.3, 0.4) is 0 Å². The van der Waals surface area contributed by atoms with Gasteiger partial charge in [0.15, 0.2) is 0 Å². The Morgan fingerprint density at radius 2 is 2.27 bits per heavy atom. The quantitative estimate of drug-likeness (QED) is 0.895. The van der Waals surface area contributed by atoms with Crippen LogP contribution < -0.4 is 4.90 Å². The Kier molecular flexibility index (Phi) is 2.73. The third-order valence-electron chi connectivity index (χ3n) is 2.99. The number of anilines is 1. The number of pyridine rings is 1. The molecule has 1 aromatic rings. The second kappa shape index (κ2) is 3.76. The number of halogens is 1. The number of β-amino-alcohol motifs (C(OH)–C–C–N with tert-alkyl or cyclic N) is 1. The third-order valence-corrected chi connectivity index (χ3v) is 3.97. The highest BCUT2D eigenvalue weighted by Gasteiger charge is 2.40. The van der Waals surface area contributed by atoms with Gasteiger partial charge in [0.1, 0.15) is 5.82 Å². The lowest BCUT2D eigenvalue weighted by atomic mass is 9.91. The van der Waals surface area contributed by atoms with E-state index in [4.69, 9.17) is 0 Å². The van der Waals surface area contributed by atoms with Crippen LogP contribution in [0.1, 0.15) is 18.9 Å². The number of aromatic nitrogens is 1. The van der Waals surface area contributed by atoms with E-state index in [2.05, 4.69) is 25.8 Å². The third kappa shape index (κ3) is 1.88. The van der Waals surface area contributed by atoms with Crippen molar-refractivity contribution in [1.29, 1.82) is 0 Å². The van der Waals surface area contributed by atoms with Crippen molar-refractivity contribution < 1.29 is 5.11 Å². The van der Waals surface area contributed by atoms with Gasteiger partial charge in [-0.1, -0.05) is 6.92 Å². The minimum atomic E-state index is -0.509. The highest BCUT2D eigenvalue weighted by atomic mass is 79.9. The monoisotopic (exact) mass is 270 g/mol. The van der Waals surface area contributed by atoms with Gasteiger partial charge < -0.3 is 10.0 Å². The summed E-state index contributed by atoms with van der Waals surface area (Å²) in [7, 11) is 0. The highest BCUT2D eigenvalue weighted by Crippen LogP contribution is 2.34. The number of aliphatic hydroxyl groups is 1. The average Bonchev–Trinajstić information content (AvgIpc) is 2.18. The highest BCUT2D eigenvalue weighted by molar-refractivity contribution is 9.10. The maximum atomic E-state index is 9.93. The number of rotatable bonds is 2. The summed E-state index contributed by atoms with van der Waals surface area (Å²) >= 11 is 3.53. The summed E-state index contributed by atoms with van der Waals surface area (Å²) in [6.07, 6.45) is 2.60. The van der Waals surface area contributed by atoms with Crippen molar-refractivity contribution in [3.8, 4) is 0 Å². The molecule has 4 heteroatoms. The molecule has 0 atom stereocenters. The zero-order chi connectivity index (χ0) is 11.1. The summed E-state index contributed by atoms with van der Waals surface area (Å²) < 4.78 is 1.03. The Balaban J connectivity index is 2.17. The second-order valence-corrected chi connectivity index (χ2v) is 4.99. The van der Waals surface area contributed by atoms with Gasteiger partial charge in [0.05, 0.1) is 10.1 Å². The molecule has 0 saturated carbocycles. The Labute approximate surface area is 98.3 Å². The summed E-state index contributed by atoms with van der Waals surface area (Å²) in [4.78, 5) is 6.43. The Morgan fingerprint density at radius 1 is 1.60 bits per heavy atom. The van der Waals surface area contributed by atoms with Gasteiger partial charge in [-0.25, -0.2) is 4.98 Å². The van der Waals surface area contributed by atoms with Crippen LogP contribution in [0.5, 0.6) is 0 Å². The molecule has 1 N–H and O–H groups in total. The zero-order valence-corrected chi connectivity index (χ0v) is 10.6. The minimum absolute atomic E-state index is 0.509. The van der Waals surface area contributed by atoms with E-state index in [1.165, 1.54) is 5.56 Å². The van der Waals surface area contributed by atoms with Crippen LogP contribution in [0, 0.1) is 6.92 Å². The molecule has 0 aromatic carbocycles. The summed E-state index contributed by atoms with van der Waals surface area (Å²) in [6, 6.07) is 1.97. The molecule has 15 heavy (non-hydrogen) atoms. The van der Waals surface area contributed by atoms with Crippen LogP contribution in [-0.2, 0) is 0 Å². The van der Waals surface area contributed by atoms with Gasteiger partial charge in [-0.2, -0.15) is 0 Å². The number of hydrogen-bond donors (Lipinski definition) is 1. The standard InChI is InChI=1S/C11H15BrN2O/c1-3-11(15)6-14(7-11)10-9(12)8(2)4-5-13-10/h4-5,15H,3,6-7H2,1-2H3. The molecule has 0 spiro atoms. The number of aryl methyl sites for hydroxylation is 1. The SMILES string of the molecule is CCC1(O)CN(c2nccc(C)c2Br)C1. The predicted molar refractivity (Wildman–Crippen MR) is 64.1 cm³/mol. The van der Waals surface area contributed by atoms with Gasteiger partial charge >= 0.3 is 0 Å². The molecule has 1 aliphatic rings. The molecule has 2 heterocycles. The number of nitrogens with zero attached hydrogens (tertiary/aromatic N) is 2. The molecule has 0 radical (unpaired) electrons. The van der Waals surface area contributed by atoms with Crippen molar-refractivity contribution in [3.05, 3.63) is 22.3 Å². The first-order valence-corrected chi connectivity index (χ1v) is 5.93. The first-order valence-electron chi connectivity index (χ1n) is 5.14. The molecule has 1 saturated heterocycles. The summed E-state index contributed by atoms with van der Waals surface area (Å²) in [6.45, 7) is 5.41. The molecule has 3 nitrogen and oxygen atoms in total. The molecule has 2 rings (SSSR count). The lowest BCUT2D eigenvalue weighted by Gasteiger charge is -2.47. The Bertz CT molecular complexity index is 375. The Morgan fingerprint density at radius 3 is 2.87 bits per heavy atom. The lowest BCUT2D eigenvalue weighted by Crippen LogP contribution is -2.62. The topological polar surface area (TPSA) is 36.4 Å². The van der Waals surface area contributed by atoms with Gasteiger partial charge in [-0.3, -0.25) is 0 Å². The van der Waals surface area contributed by atoms with Gasteiger partial charge in [0.25, 0.3) is 0 Å². The molecule has 0 amide bonds. The van der Waals surface area contributed by atoms with Crippen molar-refractivity contribution in [2.75, 3.05) is 18.0 Å². The van der Waals surface area contributed by atoms with Crippen LogP contribution in [-0.4, -0.2) is 28.8 Å². The molecular formula is C11H15BrN2O. The minimum Gasteiger partial charge on any atom is -0.386 e. The average molecular weight is 271 g/mol. The summed E-state index contributed by atoms with van der Waals surface area (Å²) in [5.74, 6) is 0.938. The molecule has 0 aliphatic carbocycles. The van der Waals surface area contributed by atoms with Gasteiger partial charge in [0, 0.05) is 19.3 Å². The van der Waals surface area contributed by atoms with Crippen molar-refractivity contribution in [2.24, 2.45) is 0 Å². The van der Waals surface area contributed by atoms with Crippen LogP contribution >= 0.6 is 15.9 Å². The molecule has 1 aliphatic heterocycles. The van der Waals surface area contributed by atoms with E-state index in [-0.39, 0.29) is 0 Å². The van der Waals surface area contributed by atoms with E-state index < -0.39 is 5.60 Å². The molecule has 82 valence electrons. The maximum absolute atomic E-state index is 9.93. The fourth-order valence-corrected chi connectivity index (χ4v) is 2.27. The van der Waals surface area contributed by atoms with Gasteiger partial charge in [-0.15, -0.1) is 0 Å². The molecule has 1 aromatic heterocycles. The fourth-order valence-electron chi connectivity index (χ4n) is 1.78. The Hall–Kier alpha value is -0.610. The van der Waals surface area contributed by atoms with Crippen molar-refractivity contribution in [1.82, 2.24) is 4.98 Å². The summed E-state index contributed by atoms with van der Waals surface area (Å²) in [5.41, 5.74) is 0.664. The molecular weight excluding hydrogens is 256 g/mol. The number of hydrogen-bond acceptors (Lipinski definition) is 3. The van der Waals surface area contributed by atoms with Crippen molar-refractivity contribution >= 4 is 21.7 Å². The van der Waals surface area contributed by atoms with Crippen molar-refractivity contribution in [3.63, 3.8) is 0 Å². The molecule has 0 bridgehead atoms. The summed E-state index contributed by atoms with van der Waals surface area (Å²) in [5, 5.41) is 9.93. The van der Waals surface area contributed by atoms with Gasteiger partial charge in [0.2, 0.25) is 0 Å². The van der Waals surface area contributed by atoms with E-state index in [1.807, 2.05) is 19.9 Å². The largest absolute Gasteiger partial charge is 0.386 e. The smallest absolute Gasteiger partial charge is 0.143 e. The second-order valence-electron chi connectivity index (χ2n) is 4.20. The zero-order valence-electron chi connectivity index (χ0n) is 9.00. The van der Waals surface area contributed by atoms with Crippen LogP contribution in [0.2, 0.25) is 0 Å². The van der Waals surface area contributed by atoms with E-state index in [1.54, 1.807) is 6.20 Å². The lowest BCUT2D eigenvalue weighted by molar-refractivity contribution is 0.00798. The van der Waals surface area contributed by atoms with Gasteiger partial charge in [-0.05, 0) is 40.9 Å². The molecule has 1 fully saturated rings. The van der Waals surface area contributed by atoms with E-state index in [0.717, 1.165) is 16.7 Å².